The van der Waals surface area contributed by atoms with Gasteiger partial charge in [0, 0.05) is 12.2 Å². The molecule has 2 rings (SSSR count). The van der Waals surface area contributed by atoms with E-state index in [4.69, 9.17) is 18.9 Å². The second-order valence-corrected chi connectivity index (χ2v) is 8.73. The van der Waals surface area contributed by atoms with E-state index in [0.29, 0.717) is 25.0 Å². The van der Waals surface area contributed by atoms with Crippen molar-refractivity contribution in [1.82, 2.24) is 10.6 Å². The van der Waals surface area contributed by atoms with E-state index in [1.807, 2.05) is 0 Å². The number of esters is 2. The van der Waals surface area contributed by atoms with Crippen LogP contribution in [0.1, 0.15) is 64.2 Å². The van der Waals surface area contributed by atoms with Crippen molar-refractivity contribution in [2.45, 2.75) is 64.2 Å². The van der Waals surface area contributed by atoms with Gasteiger partial charge in [-0.05, 0) is 37.5 Å². The second kappa shape index (κ2) is 16.8. The van der Waals surface area contributed by atoms with Crippen molar-refractivity contribution in [3.63, 3.8) is 0 Å². The highest BCUT2D eigenvalue weighted by molar-refractivity contribution is 5.91. The van der Waals surface area contributed by atoms with Crippen LogP contribution in [-0.4, -0.2) is 63.6 Å². The van der Waals surface area contributed by atoms with Crippen LogP contribution < -0.4 is 10.6 Å². The van der Waals surface area contributed by atoms with E-state index in [1.54, 1.807) is 0 Å². The van der Waals surface area contributed by atoms with Gasteiger partial charge in [0.2, 0.25) is 0 Å². The Morgan fingerprint density at radius 3 is 1.35 bits per heavy atom. The standard InChI is InChI=1S/C24H38N2O8/c27-21(31-15-13-25-23(29)33-17-19-7-3-1-4-8-19)11-12-22(28)32-16-14-26-24(30)34-18-20-9-5-2-6-10-20/h11-12,19-20H,1-10,13-18H2,(H,25,29)(H,26,30)/b12-11+. The highest BCUT2D eigenvalue weighted by Gasteiger charge is 2.16. The molecular weight excluding hydrogens is 444 g/mol. The van der Waals surface area contributed by atoms with E-state index in [2.05, 4.69) is 10.6 Å². The number of hydrogen-bond acceptors (Lipinski definition) is 8. The Hall–Kier alpha value is -2.78. The van der Waals surface area contributed by atoms with Crippen LogP contribution in [0, 0.1) is 11.8 Å². The molecule has 2 aliphatic rings. The fourth-order valence-corrected chi connectivity index (χ4v) is 4.04. The Labute approximate surface area is 201 Å². The van der Waals surface area contributed by atoms with Gasteiger partial charge in [-0.15, -0.1) is 0 Å². The molecule has 0 unspecified atom stereocenters. The van der Waals surface area contributed by atoms with Crippen molar-refractivity contribution in [2.24, 2.45) is 11.8 Å². The minimum absolute atomic E-state index is 0.0519. The molecule has 192 valence electrons. The smallest absolute Gasteiger partial charge is 0.407 e. The summed E-state index contributed by atoms with van der Waals surface area (Å²) >= 11 is 0. The zero-order chi connectivity index (χ0) is 24.4. The zero-order valence-electron chi connectivity index (χ0n) is 19.9. The van der Waals surface area contributed by atoms with Crippen LogP contribution in [0.3, 0.4) is 0 Å². The number of ether oxygens (including phenoxy) is 4. The minimum Gasteiger partial charge on any atom is -0.461 e. The lowest BCUT2D eigenvalue weighted by molar-refractivity contribution is -0.140. The molecule has 0 aliphatic heterocycles. The van der Waals surface area contributed by atoms with Gasteiger partial charge >= 0.3 is 24.1 Å². The first kappa shape index (κ1) is 27.5. The Bertz CT molecular complexity index is 614. The largest absolute Gasteiger partial charge is 0.461 e. The number of amides is 2. The first-order valence-corrected chi connectivity index (χ1v) is 12.4. The van der Waals surface area contributed by atoms with E-state index in [-0.39, 0.29) is 26.3 Å². The highest BCUT2D eigenvalue weighted by atomic mass is 16.6. The van der Waals surface area contributed by atoms with Crippen LogP contribution in [0.25, 0.3) is 0 Å². The van der Waals surface area contributed by atoms with Gasteiger partial charge in [-0.1, -0.05) is 38.5 Å². The molecule has 0 aromatic carbocycles. The predicted molar refractivity (Wildman–Crippen MR) is 123 cm³/mol. The van der Waals surface area contributed by atoms with Crippen LogP contribution in [0.5, 0.6) is 0 Å². The fourth-order valence-electron chi connectivity index (χ4n) is 4.04. The predicted octanol–water partition coefficient (Wildman–Crippen LogP) is 3.24. The molecule has 0 aromatic heterocycles. The van der Waals surface area contributed by atoms with Gasteiger partial charge in [0.15, 0.2) is 0 Å². The fraction of sp³-hybridized carbons (Fsp3) is 0.750. The topological polar surface area (TPSA) is 129 Å². The van der Waals surface area contributed by atoms with E-state index >= 15 is 0 Å². The molecule has 0 atom stereocenters. The number of nitrogens with one attached hydrogen (secondary N) is 2. The van der Waals surface area contributed by atoms with Gasteiger partial charge in [0.25, 0.3) is 0 Å². The molecule has 0 aromatic rings. The van der Waals surface area contributed by atoms with Gasteiger partial charge in [0.05, 0.1) is 26.3 Å². The van der Waals surface area contributed by atoms with Gasteiger partial charge < -0.3 is 29.6 Å². The summed E-state index contributed by atoms with van der Waals surface area (Å²) in [6.45, 7) is 0.931. The maximum Gasteiger partial charge on any atom is 0.407 e. The summed E-state index contributed by atoms with van der Waals surface area (Å²) in [5.74, 6) is -0.617. The molecule has 0 radical (unpaired) electrons. The SMILES string of the molecule is O=C(/C=C/C(=O)OCCNC(=O)OCC1CCCCC1)OCCNC(=O)OCC1CCCCC1. The molecule has 2 fully saturated rings. The summed E-state index contributed by atoms with van der Waals surface area (Å²) in [5.41, 5.74) is 0. The van der Waals surface area contributed by atoms with E-state index in [9.17, 15) is 19.2 Å². The van der Waals surface area contributed by atoms with Crippen molar-refractivity contribution >= 4 is 24.1 Å². The quantitative estimate of drug-likeness (QED) is 0.188. The normalized spacial score (nSPS) is 17.1. The lowest BCUT2D eigenvalue weighted by Crippen LogP contribution is -2.30. The third-order valence-corrected chi connectivity index (χ3v) is 5.94. The number of hydrogen-bond donors (Lipinski definition) is 2. The Balaban J connectivity index is 1.42. The van der Waals surface area contributed by atoms with Crippen LogP contribution in [-0.2, 0) is 28.5 Å². The molecule has 2 saturated carbocycles. The summed E-state index contributed by atoms with van der Waals surface area (Å²) in [5, 5.41) is 5.03. The average molecular weight is 483 g/mol. The van der Waals surface area contributed by atoms with Crippen molar-refractivity contribution < 1.29 is 38.1 Å². The van der Waals surface area contributed by atoms with E-state index < -0.39 is 24.1 Å². The molecule has 0 saturated heterocycles. The van der Waals surface area contributed by atoms with Crippen LogP contribution in [0.15, 0.2) is 12.2 Å². The van der Waals surface area contributed by atoms with Gasteiger partial charge in [-0.25, -0.2) is 19.2 Å². The summed E-state index contributed by atoms with van der Waals surface area (Å²) in [7, 11) is 0. The molecule has 2 aliphatic carbocycles. The van der Waals surface area contributed by atoms with E-state index in [0.717, 1.165) is 37.8 Å². The average Bonchev–Trinajstić information content (AvgIpc) is 2.86. The molecule has 0 bridgehead atoms. The molecule has 10 heteroatoms. The van der Waals surface area contributed by atoms with Gasteiger partial charge in [-0.2, -0.15) is 0 Å². The molecular formula is C24H38N2O8. The molecule has 0 spiro atoms. The van der Waals surface area contributed by atoms with Crippen molar-refractivity contribution in [1.29, 1.82) is 0 Å². The summed E-state index contributed by atoms with van der Waals surface area (Å²) in [6.07, 6.45) is 12.4. The van der Waals surface area contributed by atoms with Crippen molar-refractivity contribution in [3.8, 4) is 0 Å². The van der Waals surface area contributed by atoms with Crippen molar-refractivity contribution in [3.05, 3.63) is 12.2 Å². The maximum absolute atomic E-state index is 11.6. The third-order valence-electron chi connectivity index (χ3n) is 5.94. The summed E-state index contributed by atoms with van der Waals surface area (Å²) in [6, 6.07) is 0. The summed E-state index contributed by atoms with van der Waals surface area (Å²) < 4.78 is 20.1. The number of carbonyl (C=O) groups is 4. The second-order valence-electron chi connectivity index (χ2n) is 8.73. The van der Waals surface area contributed by atoms with Gasteiger partial charge in [0.1, 0.15) is 13.2 Å². The van der Waals surface area contributed by atoms with Crippen molar-refractivity contribution in [2.75, 3.05) is 39.5 Å². The molecule has 10 nitrogen and oxygen atoms in total. The molecule has 2 N–H and O–H groups in total. The van der Waals surface area contributed by atoms with Gasteiger partial charge in [-0.3, -0.25) is 0 Å². The number of alkyl carbamates (subject to hydrolysis) is 2. The highest BCUT2D eigenvalue weighted by Crippen LogP contribution is 2.24. The third kappa shape index (κ3) is 13.1. The Kier molecular flexibility index (Phi) is 13.5. The monoisotopic (exact) mass is 482 g/mol. The number of rotatable bonds is 12. The lowest BCUT2D eigenvalue weighted by Gasteiger charge is -2.21. The number of carbonyl (C=O) groups excluding carboxylic acids is 4. The molecule has 2 amide bonds. The Morgan fingerprint density at radius 2 is 0.971 bits per heavy atom. The Morgan fingerprint density at radius 1 is 0.588 bits per heavy atom. The molecule has 0 heterocycles. The minimum atomic E-state index is -0.737. The summed E-state index contributed by atoms with van der Waals surface area (Å²) in [4.78, 5) is 46.5. The van der Waals surface area contributed by atoms with Crippen LogP contribution in [0.4, 0.5) is 9.59 Å². The lowest BCUT2D eigenvalue weighted by atomic mass is 9.90. The zero-order valence-corrected chi connectivity index (χ0v) is 19.9. The van der Waals surface area contributed by atoms with Crippen LogP contribution >= 0.6 is 0 Å². The van der Waals surface area contributed by atoms with Crippen LogP contribution in [0.2, 0.25) is 0 Å². The molecule has 34 heavy (non-hydrogen) atoms. The first-order chi connectivity index (χ1) is 16.5. The van der Waals surface area contributed by atoms with E-state index in [1.165, 1.54) is 38.5 Å². The first-order valence-electron chi connectivity index (χ1n) is 12.4. The maximum atomic E-state index is 11.6.